The first-order valence-electron chi connectivity index (χ1n) is 6.34. The number of halogens is 1. The van der Waals surface area contributed by atoms with Crippen molar-refractivity contribution < 1.29 is 14.3 Å². The summed E-state index contributed by atoms with van der Waals surface area (Å²) in [5, 5.41) is 3.87. The molecule has 0 aromatic heterocycles. The van der Waals surface area contributed by atoms with E-state index in [9.17, 15) is 4.79 Å². The molecule has 1 aromatic rings. The summed E-state index contributed by atoms with van der Waals surface area (Å²) in [4.78, 5) is 11.7. The molecule has 0 bridgehead atoms. The lowest BCUT2D eigenvalue weighted by Gasteiger charge is -2.22. The maximum absolute atomic E-state index is 11.7. The fourth-order valence-corrected chi connectivity index (χ4v) is 2.40. The van der Waals surface area contributed by atoms with Gasteiger partial charge in [-0.3, -0.25) is 0 Å². The van der Waals surface area contributed by atoms with E-state index in [1.54, 1.807) is 18.2 Å². The number of carbonyl (C=O) groups excluding carboxylic acids is 1. The Morgan fingerprint density at radius 2 is 2.37 bits per heavy atom. The zero-order valence-electron chi connectivity index (χ0n) is 11.1. The molecule has 1 heterocycles. The Bertz CT molecular complexity index is 458. The molecule has 1 saturated heterocycles. The Morgan fingerprint density at radius 3 is 3.00 bits per heavy atom. The van der Waals surface area contributed by atoms with Crippen molar-refractivity contribution in [1.29, 1.82) is 0 Å². The van der Waals surface area contributed by atoms with Crippen molar-refractivity contribution in [2.45, 2.75) is 19.4 Å². The van der Waals surface area contributed by atoms with Gasteiger partial charge in [0.15, 0.2) is 0 Å². The van der Waals surface area contributed by atoms with Gasteiger partial charge in [-0.1, -0.05) is 11.6 Å². The average molecular weight is 284 g/mol. The Kier molecular flexibility index (Phi) is 4.66. The highest BCUT2D eigenvalue weighted by atomic mass is 35.5. The van der Waals surface area contributed by atoms with Crippen molar-refractivity contribution in [2.75, 3.05) is 25.6 Å². The first-order valence-corrected chi connectivity index (χ1v) is 6.71. The van der Waals surface area contributed by atoms with Crippen LogP contribution in [0.1, 0.15) is 23.7 Å². The van der Waals surface area contributed by atoms with Crippen LogP contribution in [0.15, 0.2) is 18.2 Å². The lowest BCUT2D eigenvalue weighted by atomic mass is 10.00. The van der Waals surface area contributed by atoms with Gasteiger partial charge in [0, 0.05) is 29.3 Å². The van der Waals surface area contributed by atoms with Crippen molar-refractivity contribution in [1.82, 2.24) is 0 Å². The monoisotopic (exact) mass is 283 g/mol. The van der Waals surface area contributed by atoms with E-state index in [1.165, 1.54) is 7.11 Å². The van der Waals surface area contributed by atoms with Gasteiger partial charge in [-0.2, -0.15) is 0 Å². The standard InChI is InChI=1S/C14H18ClNO3/c1-9(10-5-6-19-8-10)16-13-4-3-11(15)7-12(13)14(17)18-2/h3-4,7,9-10,16H,5-6,8H2,1-2H3. The summed E-state index contributed by atoms with van der Waals surface area (Å²) in [6.07, 6.45) is 1.04. The zero-order chi connectivity index (χ0) is 13.8. The molecule has 1 aromatic carbocycles. The summed E-state index contributed by atoms with van der Waals surface area (Å²) in [6, 6.07) is 5.41. The zero-order valence-corrected chi connectivity index (χ0v) is 11.9. The molecule has 1 fully saturated rings. The molecule has 0 aliphatic carbocycles. The second-order valence-electron chi connectivity index (χ2n) is 4.74. The number of nitrogens with one attached hydrogen (secondary N) is 1. The van der Waals surface area contributed by atoms with E-state index in [-0.39, 0.29) is 12.0 Å². The van der Waals surface area contributed by atoms with Gasteiger partial charge >= 0.3 is 5.97 Å². The van der Waals surface area contributed by atoms with Crippen molar-refractivity contribution in [3.63, 3.8) is 0 Å². The molecule has 1 aliphatic heterocycles. The molecule has 0 amide bonds. The van der Waals surface area contributed by atoms with Crippen LogP contribution in [0.4, 0.5) is 5.69 Å². The first-order chi connectivity index (χ1) is 9.11. The molecule has 2 atom stereocenters. The number of rotatable bonds is 4. The van der Waals surface area contributed by atoms with Crippen LogP contribution in [0, 0.1) is 5.92 Å². The van der Waals surface area contributed by atoms with Crippen LogP contribution in [0.5, 0.6) is 0 Å². The van der Waals surface area contributed by atoms with Crippen molar-refractivity contribution >= 4 is 23.3 Å². The second-order valence-corrected chi connectivity index (χ2v) is 5.17. The molecule has 0 radical (unpaired) electrons. The number of hydrogen-bond donors (Lipinski definition) is 1. The Balaban J connectivity index is 2.16. The predicted molar refractivity (Wildman–Crippen MR) is 74.8 cm³/mol. The molecule has 2 rings (SSSR count). The summed E-state index contributed by atoms with van der Waals surface area (Å²) in [6.45, 7) is 3.66. The van der Waals surface area contributed by atoms with Crippen LogP contribution >= 0.6 is 11.6 Å². The van der Waals surface area contributed by atoms with E-state index < -0.39 is 0 Å². The molecule has 1 aliphatic rings. The average Bonchev–Trinajstić information content (AvgIpc) is 2.94. The molecule has 0 saturated carbocycles. The minimum absolute atomic E-state index is 0.229. The largest absolute Gasteiger partial charge is 0.465 e. The highest BCUT2D eigenvalue weighted by Crippen LogP contribution is 2.25. The Morgan fingerprint density at radius 1 is 1.58 bits per heavy atom. The normalized spacial score (nSPS) is 20.1. The fourth-order valence-electron chi connectivity index (χ4n) is 2.23. The van der Waals surface area contributed by atoms with Gasteiger partial charge < -0.3 is 14.8 Å². The van der Waals surface area contributed by atoms with Crippen LogP contribution in [0.2, 0.25) is 5.02 Å². The van der Waals surface area contributed by atoms with E-state index >= 15 is 0 Å². The van der Waals surface area contributed by atoms with E-state index in [1.807, 2.05) is 0 Å². The van der Waals surface area contributed by atoms with Crippen molar-refractivity contribution in [3.05, 3.63) is 28.8 Å². The van der Waals surface area contributed by atoms with Gasteiger partial charge in [-0.05, 0) is 31.5 Å². The number of carbonyl (C=O) groups is 1. The molecule has 2 unspecified atom stereocenters. The SMILES string of the molecule is COC(=O)c1cc(Cl)ccc1NC(C)C1CCOC1. The summed E-state index contributed by atoms with van der Waals surface area (Å²) in [5.74, 6) is 0.0704. The summed E-state index contributed by atoms with van der Waals surface area (Å²) in [5.41, 5.74) is 1.21. The van der Waals surface area contributed by atoms with Crippen LogP contribution in [0.25, 0.3) is 0 Å². The highest BCUT2D eigenvalue weighted by Gasteiger charge is 2.23. The molecular formula is C14H18ClNO3. The first kappa shape index (κ1) is 14.2. The van der Waals surface area contributed by atoms with Gasteiger partial charge in [-0.25, -0.2) is 4.79 Å². The number of ether oxygens (including phenoxy) is 2. The van der Waals surface area contributed by atoms with Crippen LogP contribution in [-0.4, -0.2) is 32.3 Å². The topological polar surface area (TPSA) is 47.6 Å². The van der Waals surface area contributed by atoms with Gasteiger partial charge in [-0.15, -0.1) is 0 Å². The summed E-state index contributed by atoms with van der Waals surface area (Å²) in [7, 11) is 1.36. The lowest BCUT2D eigenvalue weighted by Crippen LogP contribution is -2.27. The molecule has 104 valence electrons. The van der Waals surface area contributed by atoms with Crippen molar-refractivity contribution in [2.24, 2.45) is 5.92 Å². The third-order valence-electron chi connectivity index (χ3n) is 3.44. The number of hydrogen-bond acceptors (Lipinski definition) is 4. The Hall–Kier alpha value is -1.26. The maximum atomic E-state index is 11.7. The third-order valence-corrected chi connectivity index (χ3v) is 3.68. The van der Waals surface area contributed by atoms with Crippen LogP contribution in [-0.2, 0) is 9.47 Å². The number of benzene rings is 1. The fraction of sp³-hybridized carbons (Fsp3) is 0.500. The van der Waals surface area contributed by atoms with Crippen molar-refractivity contribution in [3.8, 4) is 0 Å². The lowest BCUT2D eigenvalue weighted by molar-refractivity contribution is 0.0602. The molecule has 1 N–H and O–H groups in total. The van der Waals surface area contributed by atoms with Gasteiger partial charge in [0.05, 0.1) is 19.3 Å². The minimum Gasteiger partial charge on any atom is -0.465 e. The number of esters is 1. The highest BCUT2D eigenvalue weighted by molar-refractivity contribution is 6.31. The van der Waals surface area contributed by atoms with E-state index in [0.717, 1.165) is 25.3 Å². The summed E-state index contributed by atoms with van der Waals surface area (Å²) >= 11 is 5.93. The molecule has 19 heavy (non-hydrogen) atoms. The quantitative estimate of drug-likeness (QED) is 0.863. The smallest absolute Gasteiger partial charge is 0.340 e. The van der Waals surface area contributed by atoms with E-state index in [4.69, 9.17) is 21.1 Å². The summed E-state index contributed by atoms with van der Waals surface area (Å²) < 4.78 is 10.2. The number of anilines is 1. The third kappa shape index (κ3) is 3.39. The molecule has 4 nitrogen and oxygen atoms in total. The van der Waals surface area contributed by atoms with Gasteiger partial charge in [0.2, 0.25) is 0 Å². The molecular weight excluding hydrogens is 266 g/mol. The van der Waals surface area contributed by atoms with Gasteiger partial charge in [0.1, 0.15) is 0 Å². The molecule has 0 spiro atoms. The van der Waals surface area contributed by atoms with Crippen LogP contribution < -0.4 is 5.32 Å². The molecule has 5 heteroatoms. The van der Waals surface area contributed by atoms with Gasteiger partial charge in [0.25, 0.3) is 0 Å². The van der Waals surface area contributed by atoms with E-state index in [0.29, 0.717) is 16.5 Å². The Labute approximate surface area is 118 Å². The minimum atomic E-state index is -0.389. The number of methoxy groups -OCH3 is 1. The predicted octanol–water partition coefficient (Wildman–Crippen LogP) is 2.96. The van der Waals surface area contributed by atoms with E-state index in [2.05, 4.69) is 12.2 Å². The maximum Gasteiger partial charge on any atom is 0.340 e. The van der Waals surface area contributed by atoms with Crippen LogP contribution in [0.3, 0.4) is 0 Å². The second kappa shape index (κ2) is 6.26.